The van der Waals surface area contributed by atoms with Gasteiger partial charge in [0.05, 0.1) is 0 Å². The number of rotatable bonds is 12. The van der Waals surface area contributed by atoms with Crippen molar-refractivity contribution in [2.45, 2.75) is 58.3 Å². The van der Waals surface area contributed by atoms with Crippen molar-refractivity contribution in [3.05, 3.63) is 59.9 Å². The van der Waals surface area contributed by atoms with Crippen LogP contribution in [0.15, 0.2) is 42.7 Å². The molecule has 10 heteroatoms. The van der Waals surface area contributed by atoms with Crippen LogP contribution in [-0.2, 0) is 28.2 Å². The monoisotopic (exact) mass is 476 g/mol. The minimum atomic E-state index is -0.932. The van der Waals surface area contributed by atoms with Crippen LogP contribution in [0.2, 0.25) is 0 Å². The summed E-state index contributed by atoms with van der Waals surface area (Å²) in [4.78, 5) is 9.12. The molecule has 0 unspecified atom stereocenters. The Balaban J connectivity index is 1.62. The molecule has 3 aromatic heterocycles. The maximum absolute atomic E-state index is 5.76. The molecule has 0 aliphatic heterocycles. The summed E-state index contributed by atoms with van der Waals surface area (Å²) < 4.78 is 13.5. The topological polar surface area (TPSA) is 117 Å². The Morgan fingerprint density at radius 3 is 2.46 bits per heavy atom. The van der Waals surface area contributed by atoms with E-state index in [1.165, 1.54) is 0 Å². The van der Waals surface area contributed by atoms with Crippen molar-refractivity contribution in [2.24, 2.45) is 0 Å². The van der Waals surface area contributed by atoms with E-state index in [1.54, 1.807) is 26.6 Å². The Bertz CT molecular complexity index is 1200. The Morgan fingerprint density at radius 2 is 1.80 bits per heavy atom. The second-order valence-corrected chi connectivity index (χ2v) is 8.38. The number of hydrogen-bond acceptors (Lipinski definition) is 8. The molecule has 4 rings (SSSR count). The van der Waals surface area contributed by atoms with Crippen LogP contribution in [0.25, 0.3) is 22.5 Å². The van der Waals surface area contributed by atoms with Crippen molar-refractivity contribution in [3.8, 4) is 22.5 Å². The van der Waals surface area contributed by atoms with Gasteiger partial charge in [-0.15, -0.1) is 5.10 Å². The molecule has 35 heavy (non-hydrogen) atoms. The van der Waals surface area contributed by atoms with E-state index < -0.39 is 5.79 Å². The van der Waals surface area contributed by atoms with Crippen LogP contribution in [0.4, 0.5) is 0 Å². The van der Waals surface area contributed by atoms with E-state index in [2.05, 4.69) is 63.7 Å². The number of hydrogen-bond donors (Lipinski definition) is 1. The fraction of sp³-hybridized carbons (Fsp3) is 0.440. The third-order valence-corrected chi connectivity index (χ3v) is 6.10. The van der Waals surface area contributed by atoms with E-state index in [9.17, 15) is 0 Å². The molecule has 0 saturated carbocycles. The number of aromatic nitrogens is 8. The van der Waals surface area contributed by atoms with E-state index in [0.717, 1.165) is 53.9 Å². The highest BCUT2D eigenvalue weighted by atomic mass is 16.7. The van der Waals surface area contributed by atoms with Crippen molar-refractivity contribution < 1.29 is 9.47 Å². The third kappa shape index (κ3) is 5.28. The number of ether oxygens (including phenoxy) is 2. The minimum Gasteiger partial charge on any atom is -0.347 e. The molecule has 1 N–H and O–H groups in total. The summed E-state index contributed by atoms with van der Waals surface area (Å²) in [5.74, 6) is 1.13. The number of nitrogens with zero attached hydrogens (tertiary/aromatic N) is 7. The number of aromatic amines is 1. The first kappa shape index (κ1) is 24.6. The van der Waals surface area contributed by atoms with Gasteiger partial charge < -0.3 is 9.47 Å². The van der Waals surface area contributed by atoms with Gasteiger partial charge in [-0.1, -0.05) is 51.0 Å². The summed E-state index contributed by atoms with van der Waals surface area (Å²) in [5.41, 5.74) is 4.04. The van der Waals surface area contributed by atoms with Crippen molar-refractivity contribution >= 4 is 0 Å². The Hall–Kier alpha value is -3.50. The largest absolute Gasteiger partial charge is 0.347 e. The number of H-pyrrole nitrogens is 1. The SMILES string of the molecule is CCCCn1nc(C(CCC)(OC)OC)nc1Cc1ccc(-c2ccncc2-c2nnn[nH]2)cc1. The normalized spacial score (nSPS) is 11.8. The Kier molecular flexibility index (Phi) is 7.94. The summed E-state index contributed by atoms with van der Waals surface area (Å²) >= 11 is 0. The average molecular weight is 477 g/mol. The van der Waals surface area contributed by atoms with Crippen LogP contribution in [0.1, 0.15) is 56.7 Å². The third-order valence-electron chi connectivity index (χ3n) is 6.10. The molecule has 0 saturated heterocycles. The second kappa shape index (κ2) is 11.3. The quantitative estimate of drug-likeness (QED) is 0.303. The van der Waals surface area contributed by atoms with Gasteiger partial charge in [-0.25, -0.2) is 14.8 Å². The maximum atomic E-state index is 5.76. The highest BCUT2D eigenvalue weighted by Crippen LogP contribution is 2.31. The van der Waals surface area contributed by atoms with Gasteiger partial charge in [-0.2, -0.15) is 5.10 Å². The zero-order chi connectivity index (χ0) is 24.7. The molecule has 0 radical (unpaired) electrons. The van der Waals surface area contributed by atoms with E-state index in [0.29, 0.717) is 24.5 Å². The van der Waals surface area contributed by atoms with E-state index >= 15 is 0 Å². The van der Waals surface area contributed by atoms with Crippen LogP contribution >= 0.6 is 0 Å². The van der Waals surface area contributed by atoms with Crippen molar-refractivity contribution in [3.63, 3.8) is 0 Å². The predicted octanol–water partition coefficient (Wildman–Crippen LogP) is 4.16. The summed E-state index contributed by atoms with van der Waals surface area (Å²) in [6.45, 7) is 5.07. The molecule has 4 aromatic rings. The first-order valence-corrected chi connectivity index (χ1v) is 12.0. The van der Waals surface area contributed by atoms with Gasteiger partial charge in [0.15, 0.2) is 5.82 Å². The minimum absolute atomic E-state index is 0.578. The number of unbranched alkanes of at least 4 members (excludes halogenated alkanes) is 1. The zero-order valence-electron chi connectivity index (χ0n) is 20.7. The van der Waals surface area contributed by atoms with Crippen LogP contribution in [0.3, 0.4) is 0 Å². The molecule has 0 fully saturated rings. The second-order valence-electron chi connectivity index (χ2n) is 8.38. The highest BCUT2D eigenvalue weighted by molar-refractivity contribution is 5.79. The van der Waals surface area contributed by atoms with Gasteiger partial charge in [-0.05, 0) is 39.6 Å². The summed E-state index contributed by atoms with van der Waals surface area (Å²) in [6, 6.07) is 10.4. The molecular formula is C25H32N8O2. The fourth-order valence-electron chi connectivity index (χ4n) is 4.16. The lowest BCUT2D eigenvalue weighted by atomic mass is 9.99. The molecule has 0 bridgehead atoms. The molecule has 0 amide bonds. The number of aryl methyl sites for hydroxylation is 1. The fourth-order valence-corrected chi connectivity index (χ4v) is 4.16. The number of methoxy groups -OCH3 is 2. The lowest BCUT2D eigenvalue weighted by Gasteiger charge is -2.27. The average Bonchev–Trinajstić information content (AvgIpc) is 3.57. The number of benzene rings is 1. The number of nitrogens with one attached hydrogen (secondary N) is 1. The molecule has 184 valence electrons. The smallest absolute Gasteiger partial charge is 0.231 e. The van der Waals surface area contributed by atoms with Crippen molar-refractivity contribution in [1.29, 1.82) is 0 Å². The molecule has 1 aromatic carbocycles. The number of tetrazole rings is 1. The first-order chi connectivity index (χ1) is 17.1. The molecule has 0 atom stereocenters. The first-order valence-electron chi connectivity index (χ1n) is 12.0. The van der Waals surface area contributed by atoms with E-state index in [-0.39, 0.29) is 0 Å². The van der Waals surface area contributed by atoms with Crippen LogP contribution in [-0.4, -0.2) is 54.6 Å². The molecule has 0 aliphatic carbocycles. The van der Waals surface area contributed by atoms with E-state index in [1.807, 2.05) is 10.7 Å². The zero-order valence-corrected chi connectivity index (χ0v) is 20.7. The van der Waals surface area contributed by atoms with Crippen LogP contribution < -0.4 is 0 Å². The van der Waals surface area contributed by atoms with Crippen LogP contribution in [0, 0.1) is 0 Å². The molecule has 3 heterocycles. The standard InChI is InChI=1S/C25H32N8O2/c1-5-7-15-33-22(27-24(30-33)25(34-3,35-4)13-6-2)16-18-8-10-19(11-9-18)20-12-14-26-17-21(20)23-28-31-32-29-23/h8-12,14,17H,5-7,13,15-16H2,1-4H3,(H,28,29,31,32). The maximum Gasteiger partial charge on any atom is 0.231 e. The Labute approximate surface area is 205 Å². The van der Waals surface area contributed by atoms with Gasteiger partial charge in [0.1, 0.15) is 5.82 Å². The Morgan fingerprint density at radius 1 is 1.00 bits per heavy atom. The number of pyridine rings is 1. The van der Waals surface area contributed by atoms with E-state index in [4.69, 9.17) is 19.6 Å². The summed E-state index contributed by atoms with van der Waals surface area (Å²) in [6.07, 6.45) is 7.86. The van der Waals surface area contributed by atoms with Gasteiger partial charge >= 0.3 is 0 Å². The van der Waals surface area contributed by atoms with Gasteiger partial charge in [-0.3, -0.25) is 4.98 Å². The predicted molar refractivity (Wildman–Crippen MR) is 131 cm³/mol. The van der Waals surface area contributed by atoms with Gasteiger partial charge in [0.25, 0.3) is 0 Å². The van der Waals surface area contributed by atoms with Crippen molar-refractivity contribution in [2.75, 3.05) is 14.2 Å². The highest BCUT2D eigenvalue weighted by Gasteiger charge is 2.36. The summed E-state index contributed by atoms with van der Waals surface area (Å²) in [7, 11) is 3.29. The van der Waals surface area contributed by atoms with Crippen molar-refractivity contribution in [1.82, 2.24) is 40.4 Å². The van der Waals surface area contributed by atoms with Gasteiger partial charge in [0, 0.05) is 51.6 Å². The molecule has 0 spiro atoms. The molecular weight excluding hydrogens is 444 g/mol. The summed E-state index contributed by atoms with van der Waals surface area (Å²) in [5, 5.41) is 19.0. The van der Waals surface area contributed by atoms with Gasteiger partial charge in [0.2, 0.25) is 11.6 Å². The molecule has 10 nitrogen and oxygen atoms in total. The lowest BCUT2D eigenvalue weighted by Crippen LogP contribution is -2.32. The molecule has 0 aliphatic rings. The lowest BCUT2D eigenvalue weighted by molar-refractivity contribution is -0.225. The van der Waals surface area contributed by atoms with Crippen LogP contribution in [0.5, 0.6) is 0 Å².